The Morgan fingerprint density at radius 3 is 1.62 bits per heavy atom. The van der Waals surface area contributed by atoms with Gasteiger partial charge in [-0.15, -0.1) is 0 Å². The topological polar surface area (TPSA) is 38.7 Å². The van der Waals surface area contributed by atoms with Crippen LogP contribution in [-0.4, -0.2) is 15.0 Å². The largest absolute Gasteiger partial charge is 0.247 e. The Hall–Kier alpha value is -7.14. The molecule has 8 aromatic carbocycles. The van der Waals surface area contributed by atoms with Gasteiger partial charge in [-0.25, -0.2) is 15.0 Å². The van der Waals surface area contributed by atoms with Gasteiger partial charge in [-0.05, 0) is 63.0 Å². The van der Waals surface area contributed by atoms with Crippen molar-refractivity contribution in [3.8, 4) is 56.3 Å². The smallest absolute Gasteiger partial charge is 0.160 e. The summed E-state index contributed by atoms with van der Waals surface area (Å²) in [6.45, 7) is 0. The molecule has 0 radical (unpaired) electrons. The van der Waals surface area contributed by atoms with E-state index in [0.717, 1.165) is 50.2 Å². The average Bonchev–Trinajstić information content (AvgIpc) is 3.60. The van der Waals surface area contributed by atoms with Crippen molar-refractivity contribution in [1.82, 2.24) is 15.0 Å². The Balaban J connectivity index is 1.15. The zero-order chi connectivity index (χ0) is 38.2. The van der Waals surface area contributed by atoms with Crippen LogP contribution in [0.3, 0.4) is 0 Å². The van der Waals surface area contributed by atoms with E-state index in [0.29, 0.717) is 5.82 Å². The maximum atomic E-state index is 5.65. The number of rotatable bonds is 4. The summed E-state index contributed by atoms with van der Waals surface area (Å²) in [6, 6.07) is 71.8. The van der Waals surface area contributed by atoms with Gasteiger partial charge < -0.3 is 0 Å². The second-order valence-corrected chi connectivity index (χ2v) is 16.1. The number of aromatic nitrogens is 3. The molecule has 0 saturated carbocycles. The van der Waals surface area contributed by atoms with Crippen molar-refractivity contribution in [2.45, 2.75) is 15.2 Å². The summed E-state index contributed by atoms with van der Waals surface area (Å²) in [4.78, 5) is 18.5. The van der Waals surface area contributed by atoms with Crippen LogP contribution in [0.1, 0.15) is 22.3 Å². The van der Waals surface area contributed by atoms with Crippen molar-refractivity contribution < 1.29 is 0 Å². The maximum absolute atomic E-state index is 5.65. The zero-order valence-corrected chi connectivity index (χ0v) is 32.1. The molecule has 4 heteroatoms. The van der Waals surface area contributed by atoms with Gasteiger partial charge in [0.1, 0.15) is 0 Å². The van der Waals surface area contributed by atoms with Crippen molar-refractivity contribution in [1.29, 1.82) is 0 Å². The third kappa shape index (κ3) is 4.85. The lowest BCUT2D eigenvalue weighted by Gasteiger charge is -2.39. The molecule has 12 rings (SSSR count). The monoisotopic (exact) mass is 755 g/mol. The van der Waals surface area contributed by atoms with Gasteiger partial charge in [-0.2, -0.15) is 0 Å². The van der Waals surface area contributed by atoms with E-state index in [2.05, 4.69) is 176 Å². The van der Waals surface area contributed by atoms with E-state index >= 15 is 0 Å². The molecule has 270 valence electrons. The number of benzene rings is 8. The van der Waals surface area contributed by atoms with Crippen LogP contribution >= 0.6 is 11.8 Å². The fraction of sp³-hybridized carbons (Fsp3) is 0.0185. The van der Waals surface area contributed by atoms with Crippen molar-refractivity contribution in [3.63, 3.8) is 0 Å². The van der Waals surface area contributed by atoms with E-state index in [1.54, 1.807) is 0 Å². The minimum absolute atomic E-state index is 0.467. The molecule has 0 N–H and O–H groups in total. The van der Waals surface area contributed by atoms with E-state index in [-0.39, 0.29) is 0 Å². The fourth-order valence-corrected chi connectivity index (χ4v) is 10.7. The summed E-state index contributed by atoms with van der Waals surface area (Å²) in [7, 11) is 0. The third-order valence-electron chi connectivity index (χ3n) is 11.9. The van der Waals surface area contributed by atoms with Gasteiger partial charge in [0, 0.05) is 42.8 Å². The van der Waals surface area contributed by atoms with Crippen LogP contribution in [0.2, 0.25) is 0 Å². The van der Waals surface area contributed by atoms with Crippen LogP contribution in [0, 0.1) is 0 Å². The van der Waals surface area contributed by atoms with Crippen molar-refractivity contribution in [3.05, 3.63) is 222 Å². The second-order valence-electron chi connectivity index (χ2n) is 15.1. The number of fused-ring (bicyclic) bond motifs is 13. The summed E-state index contributed by atoms with van der Waals surface area (Å²) in [5.41, 5.74) is 15.1. The second kappa shape index (κ2) is 13.0. The molecule has 0 fully saturated rings. The van der Waals surface area contributed by atoms with E-state index in [1.807, 2.05) is 36.0 Å². The molecule has 0 saturated heterocycles. The lowest BCUT2D eigenvalue weighted by molar-refractivity contribution is 0.723. The number of pyridine rings is 1. The van der Waals surface area contributed by atoms with E-state index in [9.17, 15) is 0 Å². The van der Waals surface area contributed by atoms with Gasteiger partial charge in [0.2, 0.25) is 0 Å². The van der Waals surface area contributed by atoms with Crippen LogP contribution in [0.15, 0.2) is 210 Å². The fourth-order valence-electron chi connectivity index (χ4n) is 9.47. The average molecular weight is 756 g/mol. The molecule has 1 aliphatic heterocycles. The molecular weight excluding hydrogens is 723 g/mol. The molecule has 58 heavy (non-hydrogen) atoms. The zero-order valence-electron chi connectivity index (χ0n) is 31.3. The van der Waals surface area contributed by atoms with Crippen molar-refractivity contribution >= 4 is 33.4 Å². The Kier molecular flexibility index (Phi) is 7.38. The third-order valence-corrected chi connectivity index (χ3v) is 13.1. The number of hydrogen-bond acceptors (Lipinski definition) is 4. The first-order valence-electron chi connectivity index (χ1n) is 19.7. The molecule has 10 aromatic rings. The summed E-state index contributed by atoms with van der Waals surface area (Å²) in [6.07, 6.45) is 0. The van der Waals surface area contributed by atoms with Gasteiger partial charge in [0.25, 0.3) is 0 Å². The first-order valence-corrected chi connectivity index (χ1v) is 20.5. The lowest BCUT2D eigenvalue weighted by Crippen LogP contribution is -2.31. The normalized spacial score (nSPS) is 13.2. The molecule has 0 atom stereocenters. The van der Waals surface area contributed by atoms with Gasteiger partial charge >= 0.3 is 0 Å². The molecule has 0 amide bonds. The summed E-state index contributed by atoms with van der Waals surface area (Å²) >= 11 is 1.88. The highest BCUT2D eigenvalue weighted by molar-refractivity contribution is 7.99. The highest BCUT2D eigenvalue weighted by Gasteiger charge is 2.50. The van der Waals surface area contributed by atoms with Crippen LogP contribution in [-0.2, 0) is 5.41 Å². The first-order chi connectivity index (χ1) is 28.8. The Bertz CT molecular complexity index is 3150. The molecule has 3 nitrogen and oxygen atoms in total. The van der Waals surface area contributed by atoms with Crippen LogP contribution < -0.4 is 0 Å². The minimum Gasteiger partial charge on any atom is -0.247 e. The number of hydrogen-bond donors (Lipinski definition) is 0. The van der Waals surface area contributed by atoms with E-state index < -0.39 is 5.41 Å². The molecular formula is C54H33N3S. The number of nitrogens with zero attached hydrogens (tertiary/aromatic N) is 3. The molecule has 0 bridgehead atoms. The summed E-state index contributed by atoms with van der Waals surface area (Å²) in [5.74, 6) is 0.695. The van der Waals surface area contributed by atoms with Crippen molar-refractivity contribution in [2.75, 3.05) is 0 Å². The molecule has 3 heterocycles. The first kappa shape index (κ1) is 33.0. The van der Waals surface area contributed by atoms with E-state index in [1.165, 1.54) is 53.9 Å². The SMILES string of the molecule is c1ccc(-c2cc(-c3ccc4c(c3)nc(-c3ccccc3)c3c5c(ccc34)C3(c4ccccc4Sc4ccccc43)c3ccccc3-5)nc(-c3ccccc3)n2)cc1. The highest BCUT2D eigenvalue weighted by atomic mass is 32.2. The van der Waals surface area contributed by atoms with E-state index in [4.69, 9.17) is 15.0 Å². The molecule has 0 unspecified atom stereocenters. The predicted octanol–water partition coefficient (Wildman–Crippen LogP) is 13.7. The molecule has 2 aliphatic rings. The van der Waals surface area contributed by atoms with Gasteiger partial charge in [0.05, 0.1) is 28.0 Å². The Labute approximate surface area is 340 Å². The van der Waals surface area contributed by atoms with Gasteiger partial charge in [0.15, 0.2) is 5.82 Å². The molecule has 1 aliphatic carbocycles. The van der Waals surface area contributed by atoms with Crippen molar-refractivity contribution in [2.24, 2.45) is 0 Å². The van der Waals surface area contributed by atoms with Crippen LogP contribution in [0.25, 0.3) is 78.0 Å². The molecule has 2 aromatic heterocycles. The predicted molar refractivity (Wildman–Crippen MR) is 238 cm³/mol. The van der Waals surface area contributed by atoms with Gasteiger partial charge in [-0.3, -0.25) is 0 Å². The standard InChI is InChI=1S/C54H33N3S/c1-4-16-34(17-5-1)45-33-46(57-53(56-45)36-20-8-3-9-21-36)37-28-29-38-39-30-31-44-50(51(39)52(55-47(38)32-37)35-18-6-2-7-19-35)40-22-10-11-23-41(40)54(44)42-24-12-14-26-48(42)58-49-27-15-13-25-43(49)54/h1-33H. The lowest BCUT2D eigenvalue weighted by atomic mass is 9.67. The molecule has 1 spiro atoms. The van der Waals surface area contributed by atoms with Crippen LogP contribution in [0.4, 0.5) is 0 Å². The Morgan fingerprint density at radius 2 is 0.931 bits per heavy atom. The summed E-state index contributed by atoms with van der Waals surface area (Å²) in [5, 5.41) is 3.48. The summed E-state index contributed by atoms with van der Waals surface area (Å²) < 4.78 is 0. The Morgan fingerprint density at radius 1 is 0.379 bits per heavy atom. The quantitative estimate of drug-likeness (QED) is 0.168. The van der Waals surface area contributed by atoms with Gasteiger partial charge in [-0.1, -0.05) is 188 Å². The van der Waals surface area contributed by atoms with Crippen LogP contribution in [0.5, 0.6) is 0 Å². The highest BCUT2D eigenvalue weighted by Crippen LogP contribution is 2.63. The minimum atomic E-state index is -0.467. The maximum Gasteiger partial charge on any atom is 0.160 e.